The summed E-state index contributed by atoms with van der Waals surface area (Å²) < 4.78 is 0. The molecule has 0 bridgehead atoms. The second kappa shape index (κ2) is 5.51. The molecular weight excluding hydrogens is 150 g/mol. The molecule has 3 nitrogen and oxygen atoms in total. The summed E-state index contributed by atoms with van der Waals surface area (Å²) in [5.74, 6) is 0. The van der Waals surface area contributed by atoms with Gasteiger partial charge in [-0.2, -0.15) is 0 Å². The van der Waals surface area contributed by atoms with Gasteiger partial charge >= 0.3 is 0 Å². The molecule has 0 rings (SSSR count). The normalized spacial score (nSPS) is 14.8. The third-order valence-electron chi connectivity index (χ3n) is 2.06. The molecule has 0 amide bonds. The molecule has 0 aromatic carbocycles. The van der Waals surface area contributed by atoms with Crippen molar-refractivity contribution < 1.29 is 0 Å². The van der Waals surface area contributed by atoms with Crippen LogP contribution >= 0.6 is 0 Å². The summed E-state index contributed by atoms with van der Waals surface area (Å²) in [6.45, 7) is 3.97. The van der Waals surface area contributed by atoms with Gasteiger partial charge < -0.3 is 17.2 Å². The van der Waals surface area contributed by atoms with Gasteiger partial charge in [0.2, 0.25) is 0 Å². The molecule has 0 aliphatic rings. The minimum absolute atomic E-state index is 0.354. The average molecular weight is 173 g/mol. The van der Waals surface area contributed by atoms with E-state index in [4.69, 9.17) is 17.2 Å². The second-order valence-corrected chi connectivity index (χ2v) is 3.92. The Labute approximate surface area is 75.7 Å². The summed E-state index contributed by atoms with van der Waals surface area (Å²) in [4.78, 5) is 0. The van der Waals surface area contributed by atoms with Crippen molar-refractivity contribution in [2.45, 2.75) is 57.7 Å². The van der Waals surface area contributed by atoms with Crippen LogP contribution in [0.4, 0.5) is 0 Å². The van der Waals surface area contributed by atoms with Crippen LogP contribution in [0.5, 0.6) is 0 Å². The second-order valence-electron chi connectivity index (χ2n) is 3.92. The molecule has 0 aliphatic heterocycles. The van der Waals surface area contributed by atoms with Crippen molar-refractivity contribution >= 4 is 0 Å². The minimum atomic E-state index is -0.504. The van der Waals surface area contributed by atoms with E-state index in [1.165, 1.54) is 0 Å². The molecule has 12 heavy (non-hydrogen) atoms. The zero-order chi connectivity index (χ0) is 9.61. The van der Waals surface area contributed by atoms with Crippen LogP contribution in [0.2, 0.25) is 0 Å². The molecule has 0 spiro atoms. The largest absolute Gasteiger partial charge is 0.328 e. The van der Waals surface area contributed by atoms with Crippen molar-refractivity contribution in [1.82, 2.24) is 0 Å². The summed E-state index contributed by atoms with van der Waals surface area (Å²) in [7, 11) is 0. The van der Waals surface area contributed by atoms with Gasteiger partial charge in [0, 0.05) is 6.04 Å². The summed E-state index contributed by atoms with van der Waals surface area (Å²) in [6.07, 6.45) is 5.24. The summed E-state index contributed by atoms with van der Waals surface area (Å²) in [5.41, 5.74) is 16.5. The van der Waals surface area contributed by atoms with Crippen molar-refractivity contribution in [2.24, 2.45) is 17.2 Å². The minimum Gasteiger partial charge on any atom is -0.328 e. The van der Waals surface area contributed by atoms with Crippen LogP contribution in [-0.2, 0) is 0 Å². The van der Waals surface area contributed by atoms with Gasteiger partial charge in [-0.1, -0.05) is 19.8 Å². The van der Waals surface area contributed by atoms with Gasteiger partial charge in [0.25, 0.3) is 0 Å². The molecule has 0 saturated carbocycles. The molecule has 0 fully saturated rings. The maximum absolute atomic E-state index is 5.76. The molecule has 0 aliphatic carbocycles. The molecule has 0 aromatic rings. The maximum atomic E-state index is 5.76. The van der Waals surface area contributed by atoms with Crippen molar-refractivity contribution in [3.05, 3.63) is 0 Å². The van der Waals surface area contributed by atoms with Crippen LogP contribution in [-0.4, -0.2) is 11.7 Å². The van der Waals surface area contributed by atoms with Gasteiger partial charge in [-0.15, -0.1) is 0 Å². The molecule has 0 saturated heterocycles. The highest BCUT2D eigenvalue weighted by atomic mass is 14.9. The summed E-state index contributed by atoms with van der Waals surface area (Å²) >= 11 is 0. The molecule has 6 N–H and O–H groups in total. The van der Waals surface area contributed by atoms with E-state index >= 15 is 0 Å². The lowest BCUT2D eigenvalue weighted by atomic mass is 10.0. The fourth-order valence-corrected chi connectivity index (χ4v) is 1.12. The van der Waals surface area contributed by atoms with E-state index in [1.54, 1.807) is 0 Å². The molecular formula is C9H23N3. The first-order valence-corrected chi connectivity index (χ1v) is 4.79. The number of hydrogen-bond acceptors (Lipinski definition) is 3. The van der Waals surface area contributed by atoms with Gasteiger partial charge in [-0.25, -0.2) is 0 Å². The first-order valence-electron chi connectivity index (χ1n) is 4.79. The fourth-order valence-electron chi connectivity index (χ4n) is 1.12. The Bertz CT molecular complexity index is 107. The van der Waals surface area contributed by atoms with Gasteiger partial charge in [-0.3, -0.25) is 0 Å². The molecule has 1 atom stereocenters. The van der Waals surface area contributed by atoms with Crippen LogP contribution in [0.15, 0.2) is 0 Å². The summed E-state index contributed by atoms with van der Waals surface area (Å²) in [5, 5.41) is 0. The lowest BCUT2D eigenvalue weighted by Gasteiger charge is -2.18. The Morgan fingerprint density at radius 1 is 1.25 bits per heavy atom. The van der Waals surface area contributed by atoms with Crippen LogP contribution in [0.1, 0.15) is 46.0 Å². The molecule has 0 radical (unpaired) electrons. The van der Waals surface area contributed by atoms with E-state index in [2.05, 4.69) is 6.92 Å². The Hall–Kier alpha value is -0.120. The molecule has 74 valence electrons. The predicted octanol–water partition coefficient (Wildman–Crippen LogP) is 0.918. The van der Waals surface area contributed by atoms with Crippen molar-refractivity contribution in [3.63, 3.8) is 0 Å². The van der Waals surface area contributed by atoms with E-state index in [0.717, 1.165) is 32.1 Å². The average Bonchev–Trinajstić information content (AvgIpc) is 1.96. The Kier molecular flexibility index (Phi) is 5.46. The highest BCUT2D eigenvalue weighted by molar-refractivity contribution is 4.69. The monoisotopic (exact) mass is 173 g/mol. The highest BCUT2D eigenvalue weighted by Gasteiger charge is 2.09. The van der Waals surface area contributed by atoms with Crippen molar-refractivity contribution in [3.8, 4) is 0 Å². The Morgan fingerprint density at radius 3 is 2.25 bits per heavy atom. The zero-order valence-electron chi connectivity index (χ0n) is 8.34. The molecule has 0 heterocycles. The fraction of sp³-hybridized carbons (Fsp3) is 1.00. The van der Waals surface area contributed by atoms with Crippen molar-refractivity contribution in [1.29, 1.82) is 0 Å². The van der Waals surface area contributed by atoms with Gasteiger partial charge in [0.05, 0.1) is 5.66 Å². The van der Waals surface area contributed by atoms with Crippen molar-refractivity contribution in [2.75, 3.05) is 0 Å². The SMILES string of the molecule is CCC(N)CCCCC(C)(N)N. The first-order chi connectivity index (χ1) is 5.45. The van der Waals surface area contributed by atoms with E-state index in [-0.39, 0.29) is 0 Å². The maximum Gasteiger partial charge on any atom is 0.0607 e. The molecule has 0 aromatic heterocycles. The van der Waals surface area contributed by atoms with E-state index in [1.807, 2.05) is 6.92 Å². The number of unbranched alkanes of at least 4 members (excludes halogenated alkanes) is 1. The summed E-state index contributed by atoms with van der Waals surface area (Å²) in [6, 6.07) is 0.354. The Morgan fingerprint density at radius 2 is 1.83 bits per heavy atom. The Balaban J connectivity index is 3.22. The van der Waals surface area contributed by atoms with Crippen LogP contribution in [0.3, 0.4) is 0 Å². The standard InChI is InChI=1S/C9H23N3/c1-3-8(10)6-4-5-7-9(2,11)12/h8H,3-7,10-12H2,1-2H3. The number of rotatable bonds is 6. The zero-order valence-corrected chi connectivity index (χ0v) is 8.34. The third kappa shape index (κ3) is 7.98. The number of hydrogen-bond donors (Lipinski definition) is 3. The third-order valence-corrected chi connectivity index (χ3v) is 2.06. The first kappa shape index (κ1) is 11.9. The quantitative estimate of drug-likeness (QED) is 0.413. The lowest BCUT2D eigenvalue weighted by Crippen LogP contribution is -2.45. The topological polar surface area (TPSA) is 78.1 Å². The molecule has 1 unspecified atom stereocenters. The van der Waals surface area contributed by atoms with E-state index in [0.29, 0.717) is 6.04 Å². The van der Waals surface area contributed by atoms with Gasteiger partial charge in [0.15, 0.2) is 0 Å². The molecule has 3 heteroatoms. The number of nitrogens with two attached hydrogens (primary N) is 3. The van der Waals surface area contributed by atoms with Crippen LogP contribution in [0, 0.1) is 0 Å². The van der Waals surface area contributed by atoms with Gasteiger partial charge in [-0.05, 0) is 26.2 Å². The van der Waals surface area contributed by atoms with Crippen LogP contribution < -0.4 is 17.2 Å². The predicted molar refractivity (Wildman–Crippen MR) is 53.5 cm³/mol. The smallest absolute Gasteiger partial charge is 0.0607 e. The van der Waals surface area contributed by atoms with Gasteiger partial charge in [0.1, 0.15) is 0 Å². The van der Waals surface area contributed by atoms with E-state index in [9.17, 15) is 0 Å². The van der Waals surface area contributed by atoms with E-state index < -0.39 is 5.66 Å². The lowest BCUT2D eigenvalue weighted by molar-refractivity contribution is 0.415. The van der Waals surface area contributed by atoms with Crippen LogP contribution in [0.25, 0.3) is 0 Å². The highest BCUT2D eigenvalue weighted by Crippen LogP contribution is 2.08.